The molecule has 0 saturated heterocycles. The Labute approximate surface area is 112 Å². The molecule has 0 aliphatic heterocycles. The lowest BCUT2D eigenvalue weighted by molar-refractivity contribution is 0.577. The maximum atomic E-state index is 4.52. The standard InChI is InChI=1S/C13H20N4S/c1-4-5-17-8-11(7-15-17)13(14-3)6-12-9-18-10(2)16-12/h7-9,13-14H,4-6H2,1-3H3. The van der Waals surface area contributed by atoms with Crippen LogP contribution < -0.4 is 5.32 Å². The third-order valence-corrected chi connectivity index (χ3v) is 3.76. The van der Waals surface area contributed by atoms with Crippen molar-refractivity contribution < 1.29 is 0 Å². The fourth-order valence-corrected chi connectivity index (χ4v) is 2.63. The number of likely N-dealkylation sites (N-methyl/N-ethyl adjacent to an activating group) is 1. The Bertz CT molecular complexity index is 489. The molecule has 18 heavy (non-hydrogen) atoms. The van der Waals surface area contributed by atoms with Crippen LogP contribution in [0.15, 0.2) is 17.8 Å². The molecule has 0 saturated carbocycles. The molecule has 0 fully saturated rings. The fraction of sp³-hybridized carbons (Fsp3) is 0.538. The van der Waals surface area contributed by atoms with E-state index in [0.717, 1.165) is 30.1 Å². The van der Waals surface area contributed by atoms with Gasteiger partial charge in [-0.25, -0.2) is 4.98 Å². The predicted octanol–water partition coefficient (Wildman–Crippen LogP) is 2.56. The van der Waals surface area contributed by atoms with Crippen LogP contribution in [0.5, 0.6) is 0 Å². The molecule has 4 nitrogen and oxygen atoms in total. The molecule has 2 aromatic heterocycles. The maximum absolute atomic E-state index is 4.52. The van der Waals surface area contributed by atoms with Gasteiger partial charge in [0.25, 0.3) is 0 Å². The highest BCUT2D eigenvalue weighted by Crippen LogP contribution is 2.19. The number of rotatable bonds is 6. The van der Waals surface area contributed by atoms with E-state index in [1.54, 1.807) is 11.3 Å². The summed E-state index contributed by atoms with van der Waals surface area (Å²) in [5.74, 6) is 0. The number of nitrogens with one attached hydrogen (secondary N) is 1. The highest BCUT2D eigenvalue weighted by atomic mass is 32.1. The second-order valence-corrected chi connectivity index (χ2v) is 5.50. The molecular weight excluding hydrogens is 244 g/mol. The second-order valence-electron chi connectivity index (χ2n) is 4.44. The molecule has 1 atom stereocenters. The zero-order valence-corrected chi connectivity index (χ0v) is 12.0. The number of thiazole rings is 1. The van der Waals surface area contributed by atoms with Gasteiger partial charge in [0.15, 0.2) is 0 Å². The highest BCUT2D eigenvalue weighted by Gasteiger charge is 2.13. The minimum Gasteiger partial charge on any atom is -0.313 e. The summed E-state index contributed by atoms with van der Waals surface area (Å²) in [5.41, 5.74) is 2.39. The molecule has 0 bridgehead atoms. The molecule has 1 N–H and O–H groups in total. The SMILES string of the molecule is CCCn1cc(C(Cc2csc(C)n2)NC)cn1. The first-order valence-corrected chi connectivity index (χ1v) is 7.21. The minimum atomic E-state index is 0.289. The summed E-state index contributed by atoms with van der Waals surface area (Å²) in [6.45, 7) is 5.18. The van der Waals surface area contributed by atoms with Gasteiger partial charge in [-0.2, -0.15) is 5.10 Å². The Kier molecular flexibility index (Phi) is 4.49. The first-order valence-electron chi connectivity index (χ1n) is 6.33. The minimum absolute atomic E-state index is 0.289. The molecule has 0 radical (unpaired) electrons. The van der Waals surface area contributed by atoms with E-state index in [1.807, 2.05) is 24.9 Å². The number of aryl methyl sites for hydroxylation is 2. The lowest BCUT2D eigenvalue weighted by atomic mass is 10.1. The molecule has 2 rings (SSSR count). The molecule has 98 valence electrons. The van der Waals surface area contributed by atoms with Gasteiger partial charge in [-0.3, -0.25) is 4.68 Å². The average molecular weight is 264 g/mol. The van der Waals surface area contributed by atoms with Gasteiger partial charge in [0.1, 0.15) is 0 Å². The summed E-state index contributed by atoms with van der Waals surface area (Å²) in [6.07, 6.45) is 6.11. The highest BCUT2D eigenvalue weighted by molar-refractivity contribution is 7.09. The molecule has 2 heterocycles. The van der Waals surface area contributed by atoms with Crippen molar-refractivity contribution in [2.45, 2.75) is 39.3 Å². The van der Waals surface area contributed by atoms with Crippen LogP contribution in [0.25, 0.3) is 0 Å². The second kappa shape index (κ2) is 6.11. The smallest absolute Gasteiger partial charge is 0.0897 e. The van der Waals surface area contributed by atoms with E-state index in [9.17, 15) is 0 Å². The molecular formula is C13H20N4S. The van der Waals surface area contributed by atoms with Crippen LogP contribution in [0.4, 0.5) is 0 Å². The molecule has 0 aromatic carbocycles. The lowest BCUT2D eigenvalue weighted by Crippen LogP contribution is -2.18. The van der Waals surface area contributed by atoms with Gasteiger partial charge in [0.05, 0.1) is 16.9 Å². The van der Waals surface area contributed by atoms with Gasteiger partial charge in [-0.15, -0.1) is 11.3 Å². The summed E-state index contributed by atoms with van der Waals surface area (Å²) in [7, 11) is 1.99. The monoisotopic (exact) mass is 264 g/mol. The number of hydrogen-bond donors (Lipinski definition) is 1. The third-order valence-electron chi connectivity index (χ3n) is 2.94. The molecule has 0 spiro atoms. The van der Waals surface area contributed by atoms with Crippen LogP contribution in [0.3, 0.4) is 0 Å². The predicted molar refractivity (Wildman–Crippen MR) is 74.9 cm³/mol. The topological polar surface area (TPSA) is 42.7 Å². The molecule has 0 aliphatic rings. The van der Waals surface area contributed by atoms with Crippen molar-refractivity contribution in [2.75, 3.05) is 7.05 Å². The van der Waals surface area contributed by atoms with E-state index in [-0.39, 0.29) is 6.04 Å². The van der Waals surface area contributed by atoms with E-state index in [1.165, 1.54) is 5.56 Å². The van der Waals surface area contributed by atoms with E-state index in [4.69, 9.17) is 0 Å². The van der Waals surface area contributed by atoms with Crippen LogP contribution in [0.1, 0.15) is 35.7 Å². The third kappa shape index (κ3) is 3.17. The van der Waals surface area contributed by atoms with Gasteiger partial charge in [-0.1, -0.05) is 6.92 Å². The van der Waals surface area contributed by atoms with Crippen LogP contribution >= 0.6 is 11.3 Å². The summed E-state index contributed by atoms with van der Waals surface area (Å²) in [4.78, 5) is 4.52. The Balaban J connectivity index is 2.07. The van der Waals surface area contributed by atoms with Gasteiger partial charge >= 0.3 is 0 Å². The van der Waals surface area contributed by atoms with Crippen molar-refractivity contribution >= 4 is 11.3 Å². The summed E-state index contributed by atoms with van der Waals surface area (Å²) in [5, 5.41) is 11.0. The summed E-state index contributed by atoms with van der Waals surface area (Å²) >= 11 is 1.71. The summed E-state index contributed by atoms with van der Waals surface area (Å²) in [6, 6.07) is 0.289. The molecule has 0 aliphatic carbocycles. The molecule has 0 amide bonds. The van der Waals surface area contributed by atoms with Gasteiger partial charge in [0, 0.05) is 36.1 Å². The van der Waals surface area contributed by atoms with Crippen LogP contribution in [-0.4, -0.2) is 21.8 Å². The molecule has 5 heteroatoms. The first-order chi connectivity index (χ1) is 8.72. The van der Waals surface area contributed by atoms with E-state index < -0.39 is 0 Å². The number of aromatic nitrogens is 3. The van der Waals surface area contributed by atoms with E-state index in [2.05, 4.69) is 33.9 Å². The number of hydrogen-bond acceptors (Lipinski definition) is 4. The Hall–Kier alpha value is -1.20. The van der Waals surface area contributed by atoms with Crippen molar-refractivity contribution in [2.24, 2.45) is 0 Å². The van der Waals surface area contributed by atoms with E-state index in [0.29, 0.717) is 0 Å². The maximum Gasteiger partial charge on any atom is 0.0897 e. The van der Waals surface area contributed by atoms with Gasteiger partial charge in [0.2, 0.25) is 0 Å². The van der Waals surface area contributed by atoms with Crippen molar-refractivity contribution in [3.8, 4) is 0 Å². The van der Waals surface area contributed by atoms with E-state index >= 15 is 0 Å². The van der Waals surface area contributed by atoms with Crippen molar-refractivity contribution in [1.29, 1.82) is 0 Å². The van der Waals surface area contributed by atoms with Crippen LogP contribution in [0.2, 0.25) is 0 Å². The van der Waals surface area contributed by atoms with Crippen molar-refractivity contribution in [3.63, 3.8) is 0 Å². The van der Waals surface area contributed by atoms with Gasteiger partial charge in [-0.05, 0) is 20.4 Å². The first kappa shape index (κ1) is 13.2. The fourth-order valence-electron chi connectivity index (χ4n) is 2.01. The normalized spacial score (nSPS) is 12.8. The summed E-state index contributed by atoms with van der Waals surface area (Å²) < 4.78 is 2.01. The lowest BCUT2D eigenvalue weighted by Gasteiger charge is -2.12. The van der Waals surface area contributed by atoms with Crippen LogP contribution in [0, 0.1) is 6.92 Å². The zero-order chi connectivity index (χ0) is 13.0. The Morgan fingerprint density at radius 3 is 2.94 bits per heavy atom. The molecule has 2 aromatic rings. The van der Waals surface area contributed by atoms with Gasteiger partial charge < -0.3 is 5.32 Å². The van der Waals surface area contributed by atoms with Crippen LogP contribution in [-0.2, 0) is 13.0 Å². The number of nitrogens with zero attached hydrogens (tertiary/aromatic N) is 3. The van der Waals surface area contributed by atoms with Crippen molar-refractivity contribution in [3.05, 3.63) is 34.0 Å². The average Bonchev–Trinajstić information content (AvgIpc) is 2.96. The quantitative estimate of drug-likeness (QED) is 0.872. The molecule has 1 unspecified atom stereocenters. The largest absolute Gasteiger partial charge is 0.313 e. The Morgan fingerprint density at radius 1 is 1.50 bits per heavy atom. The van der Waals surface area contributed by atoms with Crippen molar-refractivity contribution in [1.82, 2.24) is 20.1 Å². The Morgan fingerprint density at radius 2 is 2.33 bits per heavy atom. The zero-order valence-electron chi connectivity index (χ0n) is 11.2.